The molecule has 0 N–H and O–H groups in total. The summed E-state index contributed by atoms with van der Waals surface area (Å²) in [5.74, 6) is 0.822. The van der Waals surface area contributed by atoms with E-state index in [9.17, 15) is 4.79 Å². The fraction of sp³-hybridized carbons (Fsp3) is 0.412. The number of aromatic nitrogens is 1. The highest BCUT2D eigenvalue weighted by Gasteiger charge is 2.18. The van der Waals surface area contributed by atoms with Crippen molar-refractivity contribution in [2.45, 2.75) is 32.8 Å². The van der Waals surface area contributed by atoms with Gasteiger partial charge in [-0.25, -0.2) is 4.98 Å². The number of carbonyl (C=O) groups is 1. The van der Waals surface area contributed by atoms with Crippen molar-refractivity contribution in [3.63, 3.8) is 0 Å². The van der Waals surface area contributed by atoms with Gasteiger partial charge in [-0.3, -0.25) is 4.79 Å². The van der Waals surface area contributed by atoms with Crippen molar-refractivity contribution in [1.29, 1.82) is 0 Å². The maximum atomic E-state index is 12.5. The van der Waals surface area contributed by atoms with Gasteiger partial charge in [-0.2, -0.15) is 0 Å². The van der Waals surface area contributed by atoms with E-state index in [1.807, 2.05) is 41.5 Å². The lowest BCUT2D eigenvalue weighted by Crippen LogP contribution is -2.35. The zero-order chi connectivity index (χ0) is 15.4. The number of carbonyl (C=O) groups excluding carboxylic acids is 1. The minimum absolute atomic E-state index is 0.106. The molecule has 1 aromatic heterocycles. The van der Waals surface area contributed by atoms with Gasteiger partial charge in [0.1, 0.15) is 12.4 Å². The van der Waals surface area contributed by atoms with Gasteiger partial charge in [0.05, 0.1) is 10.7 Å². The molecule has 0 saturated carbocycles. The number of hydrogen-bond donors (Lipinski definition) is 0. The first-order valence-electron chi connectivity index (χ1n) is 7.65. The normalized spacial score (nSPS) is 14.9. The van der Waals surface area contributed by atoms with Crippen LogP contribution in [0.15, 0.2) is 29.6 Å². The first kappa shape index (κ1) is 15.0. The van der Waals surface area contributed by atoms with Crippen LogP contribution in [0.2, 0.25) is 0 Å². The van der Waals surface area contributed by atoms with Crippen molar-refractivity contribution in [3.05, 3.63) is 45.9 Å². The molecule has 1 fully saturated rings. The molecule has 3 rings (SSSR count). The van der Waals surface area contributed by atoms with Crippen LogP contribution >= 0.6 is 11.3 Å². The van der Waals surface area contributed by atoms with Crippen LogP contribution < -0.4 is 4.74 Å². The number of amides is 1. The number of aryl methyl sites for hydroxylation is 1. The lowest BCUT2D eigenvalue weighted by molar-refractivity contribution is 0.0724. The number of hydrogen-bond acceptors (Lipinski definition) is 4. The number of benzene rings is 1. The van der Waals surface area contributed by atoms with Gasteiger partial charge in [0, 0.05) is 24.0 Å². The molecule has 1 aliphatic heterocycles. The zero-order valence-electron chi connectivity index (χ0n) is 12.7. The second-order valence-corrected chi connectivity index (χ2v) is 6.59. The molecular formula is C17H20N2O2S. The molecule has 1 saturated heterocycles. The Morgan fingerprint density at radius 3 is 2.86 bits per heavy atom. The summed E-state index contributed by atoms with van der Waals surface area (Å²) in [6.07, 6.45) is 3.43. The van der Waals surface area contributed by atoms with Crippen molar-refractivity contribution in [2.24, 2.45) is 0 Å². The Kier molecular flexibility index (Phi) is 4.73. The summed E-state index contributed by atoms with van der Waals surface area (Å²) in [4.78, 5) is 18.8. The van der Waals surface area contributed by atoms with Crippen LogP contribution in [0.3, 0.4) is 0 Å². The molecule has 1 aliphatic rings. The van der Waals surface area contributed by atoms with Gasteiger partial charge in [0.25, 0.3) is 5.91 Å². The second-order valence-electron chi connectivity index (χ2n) is 5.53. The molecule has 116 valence electrons. The van der Waals surface area contributed by atoms with E-state index in [0.717, 1.165) is 36.6 Å². The molecular weight excluding hydrogens is 296 g/mol. The minimum Gasteiger partial charge on any atom is -0.487 e. The van der Waals surface area contributed by atoms with E-state index in [0.29, 0.717) is 17.9 Å². The molecule has 5 heteroatoms. The van der Waals surface area contributed by atoms with Gasteiger partial charge in [-0.15, -0.1) is 11.3 Å². The molecule has 0 aliphatic carbocycles. The Labute approximate surface area is 134 Å². The maximum Gasteiger partial charge on any atom is 0.253 e. The lowest BCUT2D eigenvalue weighted by atomic mass is 10.1. The molecule has 0 unspecified atom stereocenters. The average Bonchev–Trinajstić information content (AvgIpc) is 2.99. The van der Waals surface area contributed by atoms with E-state index in [1.165, 1.54) is 6.42 Å². The van der Waals surface area contributed by atoms with Gasteiger partial charge in [0.15, 0.2) is 0 Å². The van der Waals surface area contributed by atoms with Crippen molar-refractivity contribution >= 4 is 17.2 Å². The average molecular weight is 316 g/mol. The zero-order valence-corrected chi connectivity index (χ0v) is 13.6. The summed E-state index contributed by atoms with van der Waals surface area (Å²) < 4.78 is 5.76. The van der Waals surface area contributed by atoms with Crippen LogP contribution in [0.5, 0.6) is 5.75 Å². The predicted molar refractivity (Wildman–Crippen MR) is 87.4 cm³/mol. The van der Waals surface area contributed by atoms with Gasteiger partial charge in [0.2, 0.25) is 0 Å². The molecule has 2 aromatic rings. The van der Waals surface area contributed by atoms with Gasteiger partial charge < -0.3 is 9.64 Å². The molecule has 1 aromatic carbocycles. The van der Waals surface area contributed by atoms with Crippen molar-refractivity contribution in [3.8, 4) is 5.75 Å². The van der Waals surface area contributed by atoms with Gasteiger partial charge in [-0.1, -0.05) is 6.07 Å². The van der Waals surface area contributed by atoms with Crippen LogP contribution in [0.1, 0.15) is 40.3 Å². The largest absolute Gasteiger partial charge is 0.487 e. The Morgan fingerprint density at radius 1 is 1.32 bits per heavy atom. The first-order valence-corrected chi connectivity index (χ1v) is 8.53. The highest BCUT2D eigenvalue weighted by molar-refractivity contribution is 7.09. The number of piperidine rings is 1. The van der Waals surface area contributed by atoms with Crippen LogP contribution in [-0.4, -0.2) is 28.9 Å². The SMILES string of the molecule is Cc1nc(COc2cccc(C(=O)N3CCCCC3)c2)cs1. The van der Waals surface area contributed by atoms with E-state index in [2.05, 4.69) is 4.98 Å². The number of ether oxygens (including phenoxy) is 1. The highest BCUT2D eigenvalue weighted by Crippen LogP contribution is 2.19. The smallest absolute Gasteiger partial charge is 0.253 e. The summed E-state index contributed by atoms with van der Waals surface area (Å²) in [5, 5.41) is 3.03. The van der Waals surface area contributed by atoms with Crippen LogP contribution in [0.25, 0.3) is 0 Å². The molecule has 1 amide bonds. The fourth-order valence-electron chi connectivity index (χ4n) is 2.63. The Morgan fingerprint density at radius 2 is 2.14 bits per heavy atom. The van der Waals surface area contributed by atoms with Gasteiger partial charge in [-0.05, 0) is 44.4 Å². The summed E-state index contributed by atoms with van der Waals surface area (Å²) >= 11 is 1.61. The lowest BCUT2D eigenvalue weighted by Gasteiger charge is -2.26. The second kappa shape index (κ2) is 6.92. The number of likely N-dealkylation sites (tertiary alicyclic amines) is 1. The van der Waals surface area contributed by atoms with Crippen molar-refractivity contribution in [1.82, 2.24) is 9.88 Å². The van der Waals surface area contributed by atoms with Crippen LogP contribution in [-0.2, 0) is 6.61 Å². The van der Waals surface area contributed by atoms with Gasteiger partial charge >= 0.3 is 0 Å². The third-order valence-electron chi connectivity index (χ3n) is 3.78. The maximum absolute atomic E-state index is 12.5. The van der Waals surface area contributed by atoms with Crippen molar-refractivity contribution in [2.75, 3.05) is 13.1 Å². The molecule has 2 heterocycles. The number of rotatable bonds is 4. The summed E-state index contributed by atoms with van der Waals surface area (Å²) in [6, 6.07) is 7.44. The van der Waals surface area contributed by atoms with E-state index in [4.69, 9.17) is 4.74 Å². The third kappa shape index (κ3) is 3.65. The first-order chi connectivity index (χ1) is 10.7. The summed E-state index contributed by atoms with van der Waals surface area (Å²) in [5.41, 5.74) is 1.63. The number of thiazole rings is 1. The van der Waals surface area contributed by atoms with E-state index in [1.54, 1.807) is 11.3 Å². The van der Waals surface area contributed by atoms with E-state index in [-0.39, 0.29) is 5.91 Å². The molecule has 4 nitrogen and oxygen atoms in total. The van der Waals surface area contributed by atoms with Crippen LogP contribution in [0, 0.1) is 6.92 Å². The molecule has 0 spiro atoms. The Hall–Kier alpha value is -1.88. The monoisotopic (exact) mass is 316 g/mol. The molecule has 22 heavy (non-hydrogen) atoms. The predicted octanol–water partition coefficient (Wildman–Crippen LogP) is 3.66. The molecule has 0 atom stereocenters. The summed E-state index contributed by atoms with van der Waals surface area (Å²) in [6.45, 7) is 4.14. The van der Waals surface area contributed by atoms with Crippen molar-refractivity contribution < 1.29 is 9.53 Å². The fourth-order valence-corrected chi connectivity index (χ4v) is 3.23. The Balaban J connectivity index is 1.65. The topological polar surface area (TPSA) is 42.4 Å². The molecule has 0 radical (unpaired) electrons. The minimum atomic E-state index is 0.106. The van der Waals surface area contributed by atoms with E-state index < -0.39 is 0 Å². The third-order valence-corrected chi connectivity index (χ3v) is 4.60. The standard InChI is InChI=1S/C17H20N2O2S/c1-13-18-15(12-22-13)11-21-16-7-5-6-14(10-16)17(20)19-8-3-2-4-9-19/h5-7,10,12H,2-4,8-9,11H2,1H3. The number of nitrogens with zero attached hydrogens (tertiary/aromatic N) is 2. The highest BCUT2D eigenvalue weighted by atomic mass is 32.1. The summed E-state index contributed by atoms with van der Waals surface area (Å²) in [7, 11) is 0. The molecule has 0 bridgehead atoms. The van der Waals surface area contributed by atoms with Crippen LogP contribution in [0.4, 0.5) is 0 Å². The van der Waals surface area contributed by atoms with E-state index >= 15 is 0 Å². The Bertz CT molecular complexity index is 648. The quantitative estimate of drug-likeness (QED) is 0.864.